The van der Waals surface area contributed by atoms with Gasteiger partial charge in [0.25, 0.3) is 0 Å². The lowest BCUT2D eigenvalue weighted by molar-refractivity contribution is -0.211. The van der Waals surface area contributed by atoms with Gasteiger partial charge in [-0.1, -0.05) is 31.6 Å². The molecule has 4 rings (SSSR count). The lowest BCUT2D eigenvalue weighted by Gasteiger charge is -2.61. The van der Waals surface area contributed by atoms with E-state index in [-0.39, 0.29) is 30.5 Å². The Balaban J connectivity index is 1.87. The molecule has 0 unspecified atom stereocenters. The van der Waals surface area contributed by atoms with Gasteiger partial charge in [0.15, 0.2) is 11.5 Å². The minimum Gasteiger partial charge on any atom is -0.390 e. The summed E-state index contributed by atoms with van der Waals surface area (Å²) >= 11 is 3.95. The number of carbonyl (C=O) groups is 2. The highest BCUT2D eigenvalue weighted by molar-refractivity contribution is 7.96. The highest BCUT2D eigenvalue weighted by Gasteiger charge is 2.75. The quantitative estimate of drug-likeness (QED) is 0.472. The van der Waals surface area contributed by atoms with Crippen molar-refractivity contribution in [3.8, 4) is 0 Å². The molecule has 4 nitrogen and oxygen atoms in total. The van der Waals surface area contributed by atoms with Crippen molar-refractivity contribution in [2.24, 2.45) is 28.6 Å². The third-order valence-electron chi connectivity index (χ3n) is 8.51. The van der Waals surface area contributed by atoms with Gasteiger partial charge in [0, 0.05) is 23.2 Å². The number of fused-ring (bicyclic) bond motifs is 5. The summed E-state index contributed by atoms with van der Waals surface area (Å²) in [4.78, 5) is 24.1. The third kappa shape index (κ3) is 2.02. The minimum absolute atomic E-state index is 0.0114. The molecule has 2 N–H and O–H groups in total. The van der Waals surface area contributed by atoms with Crippen molar-refractivity contribution in [2.75, 3.05) is 0 Å². The van der Waals surface area contributed by atoms with E-state index in [1.165, 1.54) is 6.08 Å². The molecule has 2 fully saturated rings. The number of carbonyl (C=O) groups excluding carboxylic acids is 2. The van der Waals surface area contributed by atoms with Crippen LogP contribution in [0.5, 0.6) is 0 Å². The van der Waals surface area contributed by atoms with Crippen LogP contribution in [-0.2, 0) is 9.59 Å². The molecule has 0 aromatic carbocycles. The first kappa shape index (κ1) is 19.3. The maximum Gasteiger partial charge on any atom is 0.218 e. The molecule has 0 heterocycles. The minimum atomic E-state index is -1.94. The van der Waals surface area contributed by atoms with Crippen molar-refractivity contribution in [3.63, 3.8) is 0 Å². The molecule has 0 saturated heterocycles. The number of aliphatic hydroxyl groups excluding tert-OH is 1. The van der Waals surface area contributed by atoms with Gasteiger partial charge in [0.1, 0.15) is 5.60 Å². The van der Waals surface area contributed by atoms with Crippen molar-refractivity contribution in [2.45, 2.75) is 63.8 Å². The summed E-state index contributed by atoms with van der Waals surface area (Å²) in [5, 5.41) is 21.7. The zero-order valence-electron chi connectivity index (χ0n) is 15.9. The van der Waals surface area contributed by atoms with E-state index >= 15 is 4.39 Å². The monoisotopic (exact) mass is 394 g/mol. The largest absolute Gasteiger partial charge is 0.390 e. The van der Waals surface area contributed by atoms with Gasteiger partial charge in [-0.25, -0.2) is 4.39 Å². The van der Waals surface area contributed by atoms with Crippen LogP contribution in [0, 0.1) is 28.6 Å². The molecule has 6 heteroatoms. The number of rotatable bonds is 1. The smallest absolute Gasteiger partial charge is 0.218 e. The molecular weight excluding hydrogens is 367 g/mol. The lowest BCUT2D eigenvalue weighted by Crippen LogP contribution is -2.68. The van der Waals surface area contributed by atoms with Gasteiger partial charge in [-0.3, -0.25) is 9.59 Å². The second-order valence-corrected chi connectivity index (χ2v) is 9.88. The van der Waals surface area contributed by atoms with Crippen molar-refractivity contribution in [1.29, 1.82) is 0 Å². The molecule has 0 aromatic heterocycles. The number of hydrogen-bond acceptors (Lipinski definition) is 4. The molecule has 8 atom stereocenters. The first-order chi connectivity index (χ1) is 12.4. The van der Waals surface area contributed by atoms with Crippen molar-refractivity contribution in [1.82, 2.24) is 0 Å². The van der Waals surface area contributed by atoms with Crippen LogP contribution in [0.3, 0.4) is 0 Å². The van der Waals surface area contributed by atoms with E-state index in [0.29, 0.717) is 12.8 Å². The number of allylic oxidation sites excluding steroid dienone is 4. The van der Waals surface area contributed by atoms with Crippen LogP contribution in [0.1, 0.15) is 46.5 Å². The highest BCUT2D eigenvalue weighted by Crippen LogP contribution is 2.70. The predicted molar refractivity (Wildman–Crippen MR) is 102 cm³/mol. The van der Waals surface area contributed by atoms with Gasteiger partial charge >= 0.3 is 0 Å². The average molecular weight is 395 g/mol. The van der Waals surface area contributed by atoms with Gasteiger partial charge in [0.2, 0.25) is 5.12 Å². The topological polar surface area (TPSA) is 74.6 Å². The summed E-state index contributed by atoms with van der Waals surface area (Å²) in [5.74, 6) is -1.22. The summed E-state index contributed by atoms with van der Waals surface area (Å²) in [7, 11) is 0. The van der Waals surface area contributed by atoms with Gasteiger partial charge in [-0.2, -0.15) is 0 Å². The number of hydrogen-bond donors (Lipinski definition) is 3. The second-order valence-electron chi connectivity index (χ2n) is 9.47. The number of ketones is 1. The van der Waals surface area contributed by atoms with Crippen LogP contribution in [0.2, 0.25) is 0 Å². The Kier molecular flexibility index (Phi) is 3.97. The standard InChI is InChI=1S/C21H27FO4S/c1-11-8-15-14-5-4-12-9-13(23)6-7-18(12,2)20(14,22)16(24)10-19(15,3)21(11,26)17(25)27/h4,6-7,11,14-16,24,26H,5,8-10H2,1-3H3,(H,25,27)/t11-,14+,15+,16+,18+,19+,20+,21+/m1/s1. The highest BCUT2D eigenvalue weighted by atomic mass is 32.1. The first-order valence-corrected chi connectivity index (χ1v) is 10.1. The summed E-state index contributed by atoms with van der Waals surface area (Å²) in [6.45, 7) is 5.35. The van der Waals surface area contributed by atoms with Crippen LogP contribution >= 0.6 is 12.6 Å². The summed E-state index contributed by atoms with van der Waals surface area (Å²) in [6, 6.07) is 0. The zero-order chi connectivity index (χ0) is 20.0. The van der Waals surface area contributed by atoms with Crippen molar-refractivity contribution in [3.05, 3.63) is 23.8 Å². The average Bonchev–Trinajstić information content (AvgIpc) is 2.79. The van der Waals surface area contributed by atoms with Gasteiger partial charge in [-0.15, -0.1) is 12.6 Å². The third-order valence-corrected chi connectivity index (χ3v) is 8.85. The SMILES string of the molecule is C[C@@H]1C[C@H]2[C@@H]3CC=C4CC(=O)C=C[C@]4(C)[C@@]3(F)[C@@H](O)C[C@]2(C)[C@@]1(O)C(=O)S. The fraction of sp³-hybridized carbons (Fsp3) is 0.714. The number of aliphatic hydroxyl groups is 2. The Morgan fingerprint density at radius 1 is 1.33 bits per heavy atom. The zero-order valence-corrected chi connectivity index (χ0v) is 16.8. The van der Waals surface area contributed by atoms with Gasteiger partial charge < -0.3 is 10.2 Å². The molecule has 0 amide bonds. The Morgan fingerprint density at radius 3 is 2.63 bits per heavy atom. The Hall–Kier alpha value is -0.980. The Morgan fingerprint density at radius 2 is 2.00 bits per heavy atom. The molecule has 0 bridgehead atoms. The normalized spacial score (nSPS) is 54.0. The summed E-state index contributed by atoms with van der Waals surface area (Å²) in [5.41, 5.74) is -4.90. The van der Waals surface area contributed by atoms with Crippen molar-refractivity contribution >= 4 is 23.5 Å². The van der Waals surface area contributed by atoms with Crippen LogP contribution in [0.15, 0.2) is 23.8 Å². The molecule has 4 aliphatic rings. The molecule has 0 aromatic rings. The van der Waals surface area contributed by atoms with Gasteiger partial charge in [0.05, 0.1) is 6.10 Å². The summed E-state index contributed by atoms with van der Waals surface area (Å²) in [6.07, 6.45) is 4.68. The number of thiol groups is 1. The maximum absolute atomic E-state index is 16.8. The van der Waals surface area contributed by atoms with Crippen LogP contribution < -0.4 is 0 Å². The molecule has 0 radical (unpaired) electrons. The molecule has 148 valence electrons. The van der Waals surface area contributed by atoms with Crippen LogP contribution in [-0.4, -0.2) is 38.5 Å². The molecule has 27 heavy (non-hydrogen) atoms. The second kappa shape index (κ2) is 5.55. The molecule has 2 saturated carbocycles. The maximum atomic E-state index is 16.8. The molecule has 0 spiro atoms. The summed E-state index contributed by atoms with van der Waals surface area (Å²) < 4.78 is 16.8. The lowest BCUT2D eigenvalue weighted by atomic mass is 9.45. The first-order valence-electron chi connectivity index (χ1n) is 9.67. The fourth-order valence-electron chi connectivity index (χ4n) is 6.91. The Bertz CT molecular complexity index is 793. The van der Waals surface area contributed by atoms with E-state index in [1.54, 1.807) is 26.8 Å². The van der Waals surface area contributed by atoms with Crippen LogP contribution in [0.4, 0.5) is 4.39 Å². The Labute approximate surface area is 164 Å². The van der Waals surface area contributed by atoms with Crippen molar-refractivity contribution < 1.29 is 24.2 Å². The van der Waals surface area contributed by atoms with E-state index in [0.717, 1.165) is 5.57 Å². The number of alkyl halides is 1. The predicted octanol–water partition coefficient (Wildman–Crippen LogP) is 2.79. The van der Waals surface area contributed by atoms with E-state index < -0.39 is 39.2 Å². The van der Waals surface area contributed by atoms with E-state index in [2.05, 4.69) is 12.6 Å². The van der Waals surface area contributed by atoms with Gasteiger partial charge in [-0.05, 0) is 44.1 Å². The van der Waals surface area contributed by atoms with E-state index in [4.69, 9.17) is 0 Å². The molecule has 4 aliphatic carbocycles. The fourth-order valence-corrected chi connectivity index (χ4v) is 7.38. The van der Waals surface area contributed by atoms with Crippen LogP contribution in [0.25, 0.3) is 0 Å². The molecule has 0 aliphatic heterocycles. The van der Waals surface area contributed by atoms with E-state index in [9.17, 15) is 19.8 Å². The molecular formula is C21H27FO4S. The number of halogens is 1. The van der Waals surface area contributed by atoms with E-state index in [1.807, 2.05) is 6.08 Å².